The van der Waals surface area contributed by atoms with Gasteiger partial charge < -0.3 is 25.3 Å². The molecule has 0 unspecified atom stereocenters. The van der Waals surface area contributed by atoms with Gasteiger partial charge in [-0.15, -0.1) is 0 Å². The third kappa shape index (κ3) is 2.50. The first-order valence-corrected chi connectivity index (χ1v) is 4.00. The molecule has 1 N–H and O–H groups in total. The molecule has 1 aromatic heterocycles. The Kier molecular flexibility index (Phi) is 3.13. The van der Waals surface area contributed by atoms with E-state index >= 15 is 0 Å². The molecular formula is C6H6N4O6. The van der Waals surface area contributed by atoms with Crippen LogP contribution in [-0.4, -0.2) is 30.7 Å². The van der Waals surface area contributed by atoms with E-state index in [2.05, 4.69) is 5.10 Å². The highest BCUT2D eigenvalue weighted by molar-refractivity contribution is 5.66. The lowest BCUT2D eigenvalue weighted by Gasteiger charge is -1.92. The number of aromatic nitrogens is 2. The van der Waals surface area contributed by atoms with Crippen molar-refractivity contribution in [1.82, 2.24) is 9.78 Å². The third-order valence-electron chi connectivity index (χ3n) is 1.66. The van der Waals surface area contributed by atoms with E-state index in [4.69, 9.17) is 5.11 Å². The normalized spacial score (nSPS) is 10.0. The highest BCUT2D eigenvalue weighted by Crippen LogP contribution is 2.18. The van der Waals surface area contributed by atoms with Gasteiger partial charge in [0.1, 0.15) is 17.7 Å². The van der Waals surface area contributed by atoms with Crippen LogP contribution >= 0.6 is 0 Å². The number of carboxylic acid groups (broad SMARTS) is 1. The van der Waals surface area contributed by atoms with Gasteiger partial charge in [0, 0.05) is 0 Å². The Morgan fingerprint density at radius 3 is 2.50 bits per heavy atom. The summed E-state index contributed by atoms with van der Waals surface area (Å²) in [6.45, 7) is -0.292. The maximum absolute atomic E-state index is 10.5. The van der Waals surface area contributed by atoms with E-state index < -0.39 is 33.9 Å². The van der Waals surface area contributed by atoms with Crippen molar-refractivity contribution in [3.63, 3.8) is 0 Å². The van der Waals surface area contributed by atoms with E-state index in [1.54, 1.807) is 0 Å². The van der Waals surface area contributed by atoms with Crippen LogP contribution in [0.25, 0.3) is 0 Å². The number of nitrogens with zero attached hydrogens (tertiary/aromatic N) is 4. The summed E-state index contributed by atoms with van der Waals surface area (Å²) < 4.78 is 0.687. The zero-order valence-electron chi connectivity index (χ0n) is 7.77. The average molecular weight is 230 g/mol. The van der Waals surface area contributed by atoms with E-state index in [0.717, 1.165) is 0 Å². The molecule has 0 aliphatic carbocycles. The predicted molar refractivity (Wildman–Crippen MR) is 47.8 cm³/mol. The fraction of sp³-hybridized carbons (Fsp3) is 0.333. The predicted octanol–water partition coefficient (Wildman–Crippen LogP) is 0.174. The van der Waals surface area contributed by atoms with Crippen molar-refractivity contribution in [3.05, 3.63) is 26.3 Å². The zero-order chi connectivity index (χ0) is 12.3. The lowest BCUT2D eigenvalue weighted by molar-refractivity contribution is -0.395. The zero-order valence-corrected chi connectivity index (χ0v) is 7.77. The molecule has 0 aliphatic heterocycles. The molecule has 0 saturated heterocycles. The quantitative estimate of drug-likeness (QED) is 0.561. The van der Waals surface area contributed by atoms with Crippen molar-refractivity contribution in [2.75, 3.05) is 0 Å². The van der Waals surface area contributed by atoms with Gasteiger partial charge in [0.15, 0.2) is 0 Å². The van der Waals surface area contributed by atoms with Crippen LogP contribution in [0.4, 0.5) is 11.6 Å². The summed E-state index contributed by atoms with van der Waals surface area (Å²) in [4.78, 5) is 29.3. The summed E-state index contributed by atoms with van der Waals surface area (Å²) in [5, 5.41) is 32.5. The highest BCUT2D eigenvalue weighted by atomic mass is 16.6. The number of rotatable bonds is 5. The minimum absolute atomic E-state index is 0.292. The minimum atomic E-state index is -1.17. The molecule has 0 aromatic carbocycles. The first-order valence-electron chi connectivity index (χ1n) is 4.00. The molecule has 1 aromatic rings. The summed E-state index contributed by atoms with van der Waals surface area (Å²) in [5.74, 6) is -2.46. The van der Waals surface area contributed by atoms with Crippen molar-refractivity contribution >= 4 is 17.6 Å². The van der Waals surface area contributed by atoms with E-state index in [-0.39, 0.29) is 6.54 Å². The topological polar surface area (TPSA) is 141 Å². The molecule has 0 bridgehead atoms. The van der Waals surface area contributed by atoms with Gasteiger partial charge in [-0.25, -0.2) is 0 Å². The van der Waals surface area contributed by atoms with E-state index in [0.29, 0.717) is 10.7 Å². The van der Waals surface area contributed by atoms with Crippen molar-refractivity contribution in [2.45, 2.75) is 13.0 Å². The molecule has 86 valence electrons. The maximum Gasteiger partial charge on any atom is 0.420 e. The number of aryl methyl sites for hydroxylation is 1. The van der Waals surface area contributed by atoms with Gasteiger partial charge in [-0.1, -0.05) is 0 Å². The number of hydrogen-bond donors (Lipinski definition) is 1. The Balaban J connectivity index is 3.00. The van der Waals surface area contributed by atoms with E-state index in [1.807, 2.05) is 0 Å². The van der Waals surface area contributed by atoms with E-state index in [9.17, 15) is 25.0 Å². The first kappa shape index (κ1) is 11.6. The molecule has 0 saturated carbocycles. The molecule has 0 atom stereocenters. The molecule has 10 heteroatoms. The summed E-state index contributed by atoms with van der Waals surface area (Å²) >= 11 is 0. The number of hydrogen-bond acceptors (Lipinski definition) is 6. The molecule has 16 heavy (non-hydrogen) atoms. The smallest absolute Gasteiger partial charge is 0.420 e. The lowest BCUT2D eigenvalue weighted by Crippen LogP contribution is -2.08. The summed E-state index contributed by atoms with van der Waals surface area (Å²) in [7, 11) is 0. The Hall–Kier alpha value is -2.52. The number of aliphatic carboxylic acids is 1. The van der Waals surface area contributed by atoms with Crippen molar-refractivity contribution in [3.8, 4) is 0 Å². The Morgan fingerprint density at radius 1 is 1.44 bits per heavy atom. The molecule has 1 heterocycles. The first-order chi connectivity index (χ1) is 7.41. The summed E-state index contributed by atoms with van der Waals surface area (Å²) in [6.07, 6.45) is -0.403. The summed E-state index contributed by atoms with van der Waals surface area (Å²) in [6, 6.07) is 0.682. The lowest BCUT2D eigenvalue weighted by atomic mass is 10.4. The van der Waals surface area contributed by atoms with Crippen LogP contribution < -0.4 is 0 Å². The second-order valence-electron chi connectivity index (χ2n) is 2.74. The van der Waals surface area contributed by atoms with Crippen LogP contribution in [0.5, 0.6) is 0 Å². The van der Waals surface area contributed by atoms with Crippen LogP contribution in [0.3, 0.4) is 0 Å². The molecular weight excluding hydrogens is 224 g/mol. The van der Waals surface area contributed by atoms with Gasteiger partial charge in [0.05, 0.1) is 6.42 Å². The Bertz CT molecular complexity index is 452. The number of carboxylic acids is 1. The number of carbonyl (C=O) groups is 1. The minimum Gasteiger partial charge on any atom is -0.481 e. The van der Waals surface area contributed by atoms with Crippen LogP contribution in [0.15, 0.2) is 6.07 Å². The van der Waals surface area contributed by atoms with Crippen LogP contribution in [0, 0.1) is 20.2 Å². The molecule has 0 spiro atoms. The molecule has 0 amide bonds. The molecule has 0 fully saturated rings. The van der Waals surface area contributed by atoms with Gasteiger partial charge in [-0.05, 0) is 14.5 Å². The highest BCUT2D eigenvalue weighted by Gasteiger charge is 2.27. The Morgan fingerprint density at radius 2 is 2.06 bits per heavy atom. The van der Waals surface area contributed by atoms with E-state index in [1.165, 1.54) is 0 Å². The van der Waals surface area contributed by atoms with Gasteiger partial charge in [0.25, 0.3) is 0 Å². The summed E-state index contributed by atoms with van der Waals surface area (Å²) in [5.41, 5.74) is 0. The van der Waals surface area contributed by atoms with Crippen LogP contribution in [0.2, 0.25) is 0 Å². The third-order valence-corrected chi connectivity index (χ3v) is 1.66. The molecule has 1 rings (SSSR count). The molecule has 10 nitrogen and oxygen atoms in total. The second-order valence-corrected chi connectivity index (χ2v) is 2.74. The fourth-order valence-electron chi connectivity index (χ4n) is 0.996. The Labute approximate surface area is 87.4 Å². The standard InChI is InChI=1S/C6H6N4O6/c11-6(12)1-2-8-5(10(15)16)3-4(7-8)9(13)14/h3H,1-2H2,(H,11,12). The van der Waals surface area contributed by atoms with Gasteiger partial charge in [-0.3, -0.25) is 4.79 Å². The fourth-order valence-corrected chi connectivity index (χ4v) is 0.996. The van der Waals surface area contributed by atoms with Crippen LogP contribution in [-0.2, 0) is 11.3 Å². The number of nitro groups is 2. The molecule has 0 aliphatic rings. The maximum atomic E-state index is 10.5. The average Bonchev–Trinajstić information content (AvgIpc) is 2.58. The second kappa shape index (κ2) is 4.33. The molecule has 0 radical (unpaired) electrons. The van der Waals surface area contributed by atoms with Gasteiger partial charge in [0.2, 0.25) is 0 Å². The van der Waals surface area contributed by atoms with Crippen LogP contribution in [0.1, 0.15) is 6.42 Å². The van der Waals surface area contributed by atoms with Crippen molar-refractivity contribution in [1.29, 1.82) is 0 Å². The largest absolute Gasteiger partial charge is 0.481 e. The SMILES string of the molecule is O=C(O)CCn1nc([N+](=O)[O-])cc1[N+](=O)[O-]. The van der Waals surface area contributed by atoms with Crippen molar-refractivity contribution in [2.24, 2.45) is 0 Å². The van der Waals surface area contributed by atoms with Crippen molar-refractivity contribution < 1.29 is 19.7 Å². The monoisotopic (exact) mass is 230 g/mol. The van der Waals surface area contributed by atoms with Gasteiger partial charge in [-0.2, -0.15) is 0 Å². The van der Waals surface area contributed by atoms with Gasteiger partial charge >= 0.3 is 17.6 Å².